The lowest BCUT2D eigenvalue weighted by atomic mass is 10.0. The summed E-state index contributed by atoms with van der Waals surface area (Å²) in [4.78, 5) is 14.5. The molecule has 28 heavy (non-hydrogen) atoms. The number of nitrogens with zero attached hydrogens (tertiary/aromatic N) is 1. The number of thioether (sulfide) groups is 1. The molecule has 0 aliphatic carbocycles. The number of hydrogen-bond acceptors (Lipinski definition) is 3. The van der Waals surface area contributed by atoms with E-state index in [9.17, 15) is 18.0 Å². The van der Waals surface area contributed by atoms with E-state index in [1.165, 1.54) is 17.8 Å². The lowest BCUT2D eigenvalue weighted by molar-refractivity contribution is -0.137. The lowest BCUT2D eigenvalue weighted by Gasteiger charge is -2.21. The summed E-state index contributed by atoms with van der Waals surface area (Å²) in [6.45, 7) is 5.90. The minimum Gasteiger partial charge on any atom is -0.456 e. The average Bonchev–Trinajstić information content (AvgIpc) is 2.85. The van der Waals surface area contributed by atoms with Crippen molar-refractivity contribution in [2.45, 2.75) is 17.8 Å². The van der Waals surface area contributed by atoms with Crippen LogP contribution in [0.5, 0.6) is 11.5 Å². The first-order valence-electron chi connectivity index (χ1n) is 8.29. The zero-order valence-electron chi connectivity index (χ0n) is 15.1. The van der Waals surface area contributed by atoms with E-state index < -0.39 is 16.5 Å². The Bertz CT molecular complexity index is 948. The van der Waals surface area contributed by atoms with Gasteiger partial charge in [-0.25, -0.2) is 0 Å². The largest absolute Gasteiger partial charge is 0.456 e. The van der Waals surface area contributed by atoms with Crippen molar-refractivity contribution >= 4 is 35.0 Å². The molecule has 1 amide bonds. The number of rotatable bonds is 5. The number of hydrogen-bond donors (Lipinski definition) is 0. The summed E-state index contributed by atoms with van der Waals surface area (Å²) >= 11 is 7.38. The minimum absolute atomic E-state index is 0.0559. The molecular formula is C20H17ClF3NO2S. The van der Waals surface area contributed by atoms with Crippen molar-refractivity contribution in [2.24, 2.45) is 0 Å². The standard InChI is InChI=1S/C20H17ClF3NO2S/c1-4-9-25-16-7-6-13(11-14(16)19(2,28-3)18(25)26)27-17-8-5-12(10-15(17)21)20(22,23)24/h4-8,10-11H,1,9H2,2-3H3. The van der Waals surface area contributed by atoms with Crippen molar-refractivity contribution < 1.29 is 22.7 Å². The molecule has 1 unspecified atom stereocenters. The summed E-state index contributed by atoms with van der Waals surface area (Å²) in [5.74, 6) is 0.432. The number of carbonyl (C=O) groups is 1. The molecule has 0 radical (unpaired) electrons. The van der Waals surface area contributed by atoms with Crippen LogP contribution in [-0.4, -0.2) is 18.7 Å². The number of amides is 1. The fourth-order valence-corrected chi connectivity index (χ4v) is 3.96. The van der Waals surface area contributed by atoms with Crippen LogP contribution in [-0.2, 0) is 15.7 Å². The second-order valence-corrected chi connectivity index (χ2v) is 8.00. The molecule has 0 fully saturated rings. The summed E-state index contributed by atoms with van der Waals surface area (Å²) in [5, 5.41) is -0.146. The van der Waals surface area contributed by atoms with E-state index in [0.29, 0.717) is 12.3 Å². The highest BCUT2D eigenvalue weighted by Crippen LogP contribution is 2.49. The van der Waals surface area contributed by atoms with Gasteiger partial charge in [0.25, 0.3) is 0 Å². The summed E-state index contributed by atoms with van der Waals surface area (Å²) in [7, 11) is 0. The van der Waals surface area contributed by atoms with E-state index in [-0.39, 0.29) is 16.7 Å². The van der Waals surface area contributed by atoms with Crippen LogP contribution >= 0.6 is 23.4 Å². The van der Waals surface area contributed by atoms with Crippen LogP contribution in [0.1, 0.15) is 18.1 Å². The normalized spacial score (nSPS) is 18.9. The van der Waals surface area contributed by atoms with Gasteiger partial charge in [-0.2, -0.15) is 13.2 Å². The highest BCUT2D eigenvalue weighted by atomic mass is 35.5. The zero-order chi connectivity index (χ0) is 20.7. The van der Waals surface area contributed by atoms with Crippen molar-refractivity contribution in [3.63, 3.8) is 0 Å². The maximum atomic E-state index is 12.8. The molecule has 0 saturated heterocycles. The molecule has 0 N–H and O–H groups in total. The third kappa shape index (κ3) is 3.49. The van der Waals surface area contributed by atoms with Gasteiger partial charge in [0.05, 0.1) is 10.6 Å². The molecule has 0 saturated carbocycles. The van der Waals surface area contributed by atoms with Gasteiger partial charge in [0, 0.05) is 17.8 Å². The van der Waals surface area contributed by atoms with Gasteiger partial charge in [0.15, 0.2) is 0 Å². The van der Waals surface area contributed by atoms with E-state index in [1.807, 2.05) is 13.2 Å². The Morgan fingerprint density at radius 2 is 2.00 bits per heavy atom. The van der Waals surface area contributed by atoms with Gasteiger partial charge in [-0.15, -0.1) is 18.3 Å². The van der Waals surface area contributed by atoms with Crippen LogP contribution in [0.3, 0.4) is 0 Å². The summed E-state index contributed by atoms with van der Waals surface area (Å²) in [6.07, 6.45) is -0.982. The number of alkyl halides is 3. The number of anilines is 1. The second-order valence-electron chi connectivity index (χ2n) is 6.37. The molecule has 0 spiro atoms. The van der Waals surface area contributed by atoms with Gasteiger partial charge < -0.3 is 9.64 Å². The van der Waals surface area contributed by atoms with Crippen molar-refractivity contribution in [1.82, 2.24) is 0 Å². The van der Waals surface area contributed by atoms with E-state index >= 15 is 0 Å². The number of benzene rings is 2. The Hall–Kier alpha value is -2.12. The van der Waals surface area contributed by atoms with Gasteiger partial charge in [-0.05, 0) is 49.6 Å². The molecule has 148 valence electrons. The van der Waals surface area contributed by atoms with E-state index in [4.69, 9.17) is 16.3 Å². The Morgan fingerprint density at radius 3 is 2.57 bits per heavy atom. The topological polar surface area (TPSA) is 29.5 Å². The molecule has 2 aromatic carbocycles. The van der Waals surface area contributed by atoms with E-state index in [1.54, 1.807) is 29.2 Å². The number of carbonyl (C=O) groups excluding carboxylic acids is 1. The smallest absolute Gasteiger partial charge is 0.416 e. The van der Waals surface area contributed by atoms with Crippen LogP contribution in [0.2, 0.25) is 5.02 Å². The van der Waals surface area contributed by atoms with Crippen LogP contribution in [0.4, 0.5) is 18.9 Å². The first-order valence-corrected chi connectivity index (χ1v) is 9.89. The van der Waals surface area contributed by atoms with Gasteiger partial charge in [0.2, 0.25) is 5.91 Å². The Balaban J connectivity index is 1.97. The number of fused-ring (bicyclic) bond motifs is 1. The highest BCUT2D eigenvalue weighted by Gasteiger charge is 2.46. The lowest BCUT2D eigenvalue weighted by Crippen LogP contribution is -2.36. The van der Waals surface area contributed by atoms with Crippen LogP contribution in [0.25, 0.3) is 0 Å². The number of ether oxygens (including phenoxy) is 1. The fourth-order valence-electron chi connectivity index (χ4n) is 3.07. The molecule has 1 aliphatic heterocycles. The molecule has 0 bridgehead atoms. The van der Waals surface area contributed by atoms with Crippen molar-refractivity contribution in [2.75, 3.05) is 17.7 Å². The first-order chi connectivity index (χ1) is 13.1. The maximum absolute atomic E-state index is 12.8. The third-order valence-electron chi connectivity index (χ3n) is 4.63. The van der Waals surface area contributed by atoms with E-state index in [0.717, 1.165) is 23.4 Å². The van der Waals surface area contributed by atoms with Crippen molar-refractivity contribution in [3.8, 4) is 11.5 Å². The zero-order valence-corrected chi connectivity index (χ0v) is 16.7. The van der Waals surface area contributed by atoms with Gasteiger partial charge in [-0.3, -0.25) is 4.79 Å². The predicted molar refractivity (Wildman–Crippen MR) is 106 cm³/mol. The van der Waals surface area contributed by atoms with Gasteiger partial charge in [0.1, 0.15) is 16.2 Å². The van der Waals surface area contributed by atoms with Crippen LogP contribution in [0.15, 0.2) is 49.1 Å². The summed E-state index contributed by atoms with van der Waals surface area (Å²) < 4.78 is 43.3. The SMILES string of the molecule is C=CCN1C(=O)C(C)(SC)c2cc(Oc3ccc(C(F)(F)F)cc3Cl)ccc21. The van der Waals surface area contributed by atoms with Gasteiger partial charge >= 0.3 is 6.18 Å². The molecule has 1 heterocycles. The second kappa shape index (κ2) is 7.37. The molecular weight excluding hydrogens is 411 g/mol. The summed E-state index contributed by atoms with van der Waals surface area (Å²) in [5.41, 5.74) is 0.680. The van der Waals surface area contributed by atoms with Crippen molar-refractivity contribution in [1.29, 1.82) is 0 Å². The van der Waals surface area contributed by atoms with E-state index in [2.05, 4.69) is 6.58 Å². The minimum atomic E-state index is -4.48. The predicted octanol–water partition coefficient (Wildman–Crippen LogP) is 6.26. The summed E-state index contributed by atoms with van der Waals surface area (Å²) in [6, 6.07) is 8.05. The van der Waals surface area contributed by atoms with Crippen LogP contribution in [0, 0.1) is 0 Å². The Morgan fingerprint density at radius 1 is 1.29 bits per heavy atom. The Kier molecular flexibility index (Phi) is 5.42. The van der Waals surface area contributed by atoms with Crippen molar-refractivity contribution in [3.05, 3.63) is 65.2 Å². The first kappa shape index (κ1) is 20.6. The molecule has 3 nitrogen and oxygen atoms in total. The molecule has 8 heteroatoms. The average molecular weight is 428 g/mol. The third-order valence-corrected chi connectivity index (χ3v) is 6.14. The van der Waals surface area contributed by atoms with Crippen LogP contribution < -0.4 is 9.64 Å². The quantitative estimate of drug-likeness (QED) is 0.527. The molecule has 1 atom stereocenters. The monoisotopic (exact) mass is 427 g/mol. The molecule has 2 aromatic rings. The molecule has 0 aromatic heterocycles. The highest BCUT2D eigenvalue weighted by molar-refractivity contribution is 8.00. The number of halogens is 4. The molecule has 1 aliphatic rings. The maximum Gasteiger partial charge on any atom is 0.416 e. The Labute approximate surface area is 170 Å². The van der Waals surface area contributed by atoms with Gasteiger partial charge in [-0.1, -0.05) is 17.7 Å². The fraction of sp³-hybridized carbons (Fsp3) is 0.250. The molecule has 3 rings (SSSR count).